The summed E-state index contributed by atoms with van der Waals surface area (Å²) in [5.41, 5.74) is -0.158. The van der Waals surface area contributed by atoms with Crippen LogP contribution < -0.4 is 5.32 Å². The molecule has 0 radical (unpaired) electrons. The maximum atomic E-state index is 8.97. The van der Waals surface area contributed by atoms with Crippen molar-refractivity contribution >= 4 is 0 Å². The third-order valence-corrected chi connectivity index (χ3v) is 2.43. The van der Waals surface area contributed by atoms with Crippen LogP contribution >= 0.6 is 0 Å². The Kier molecular flexibility index (Phi) is 2.65. The number of piperidine rings is 1. The topological polar surface area (TPSA) is 57.1 Å². The van der Waals surface area contributed by atoms with Crippen LogP contribution in [0.3, 0.4) is 0 Å². The van der Waals surface area contributed by atoms with Crippen molar-refractivity contribution in [3.05, 3.63) is 0 Å². The van der Waals surface area contributed by atoms with Crippen molar-refractivity contribution in [3.8, 4) is 0 Å². The predicted octanol–water partition coefficient (Wildman–Crippen LogP) is -1.69. The minimum absolute atomic E-state index is 0.136. The monoisotopic (exact) mass is 146 g/mol. The number of nitrogens with two attached hydrogens (primary N) is 1. The summed E-state index contributed by atoms with van der Waals surface area (Å²) in [4.78, 5) is 0. The molecule has 10 heavy (non-hydrogen) atoms. The van der Waals surface area contributed by atoms with Crippen molar-refractivity contribution in [2.45, 2.75) is 12.8 Å². The Bertz CT molecular complexity index is 93.8. The molecule has 0 amide bonds. The highest BCUT2D eigenvalue weighted by molar-refractivity contribution is 4.78. The van der Waals surface area contributed by atoms with E-state index in [4.69, 9.17) is 10.2 Å². The molecule has 0 spiro atoms. The lowest BCUT2D eigenvalue weighted by atomic mass is 9.81. The van der Waals surface area contributed by atoms with Gasteiger partial charge in [-0.05, 0) is 0 Å². The summed E-state index contributed by atoms with van der Waals surface area (Å²) < 4.78 is 0. The van der Waals surface area contributed by atoms with Gasteiger partial charge in [-0.25, -0.2) is 0 Å². The first kappa shape index (κ1) is 7.98. The van der Waals surface area contributed by atoms with E-state index in [-0.39, 0.29) is 18.6 Å². The second-order valence-corrected chi connectivity index (χ2v) is 3.18. The van der Waals surface area contributed by atoms with Crippen LogP contribution in [0.4, 0.5) is 0 Å². The Morgan fingerprint density at radius 1 is 1.10 bits per heavy atom. The van der Waals surface area contributed by atoms with Gasteiger partial charge in [0.15, 0.2) is 0 Å². The third kappa shape index (κ3) is 1.48. The zero-order valence-corrected chi connectivity index (χ0v) is 6.21. The van der Waals surface area contributed by atoms with Crippen molar-refractivity contribution in [2.75, 3.05) is 26.3 Å². The fourth-order valence-corrected chi connectivity index (χ4v) is 1.45. The molecule has 1 aliphatic rings. The lowest BCUT2D eigenvalue weighted by molar-refractivity contribution is -0.668. The molecule has 0 aromatic rings. The van der Waals surface area contributed by atoms with E-state index in [2.05, 4.69) is 5.32 Å². The molecule has 4 N–H and O–H groups in total. The largest absolute Gasteiger partial charge is 0.396 e. The first-order valence-electron chi connectivity index (χ1n) is 3.86. The molecule has 1 saturated heterocycles. The first-order valence-corrected chi connectivity index (χ1v) is 3.86. The highest BCUT2D eigenvalue weighted by Gasteiger charge is 2.32. The van der Waals surface area contributed by atoms with E-state index in [0.29, 0.717) is 0 Å². The van der Waals surface area contributed by atoms with E-state index in [9.17, 15) is 0 Å². The Balaban J connectivity index is 2.44. The number of rotatable bonds is 2. The molecule has 1 fully saturated rings. The molecule has 3 nitrogen and oxygen atoms in total. The normalized spacial score (nSPS) is 24.6. The molecule has 0 atom stereocenters. The van der Waals surface area contributed by atoms with Crippen molar-refractivity contribution in [2.24, 2.45) is 5.41 Å². The minimum atomic E-state index is -0.158. The Morgan fingerprint density at radius 2 is 1.60 bits per heavy atom. The van der Waals surface area contributed by atoms with Gasteiger partial charge in [-0.1, -0.05) is 0 Å². The van der Waals surface area contributed by atoms with Crippen LogP contribution in [0.25, 0.3) is 0 Å². The first-order chi connectivity index (χ1) is 4.83. The van der Waals surface area contributed by atoms with Crippen molar-refractivity contribution < 1.29 is 15.5 Å². The number of hydrogen-bond donors (Lipinski definition) is 3. The zero-order chi connectivity index (χ0) is 7.45. The van der Waals surface area contributed by atoms with Crippen molar-refractivity contribution in [1.29, 1.82) is 0 Å². The average Bonchev–Trinajstić information content (AvgIpc) is 2.06. The molecular formula is C7H16NO2+. The third-order valence-electron chi connectivity index (χ3n) is 2.43. The quantitative estimate of drug-likeness (QED) is 0.435. The van der Waals surface area contributed by atoms with E-state index in [0.717, 1.165) is 25.9 Å². The summed E-state index contributed by atoms with van der Waals surface area (Å²) in [6.45, 7) is 2.36. The fourth-order valence-electron chi connectivity index (χ4n) is 1.45. The Hall–Kier alpha value is -0.120. The van der Waals surface area contributed by atoms with Gasteiger partial charge in [0.05, 0.1) is 26.3 Å². The van der Waals surface area contributed by atoms with Crippen LogP contribution in [-0.2, 0) is 0 Å². The van der Waals surface area contributed by atoms with Gasteiger partial charge < -0.3 is 15.5 Å². The summed E-state index contributed by atoms with van der Waals surface area (Å²) in [6.07, 6.45) is 1.89. The predicted molar refractivity (Wildman–Crippen MR) is 37.5 cm³/mol. The van der Waals surface area contributed by atoms with E-state index in [1.807, 2.05) is 0 Å². The van der Waals surface area contributed by atoms with Gasteiger partial charge in [0, 0.05) is 18.3 Å². The van der Waals surface area contributed by atoms with Gasteiger partial charge in [-0.15, -0.1) is 0 Å². The van der Waals surface area contributed by atoms with Crippen molar-refractivity contribution in [1.82, 2.24) is 0 Å². The minimum Gasteiger partial charge on any atom is -0.396 e. The van der Waals surface area contributed by atoms with Gasteiger partial charge in [-0.2, -0.15) is 0 Å². The molecule has 0 aromatic carbocycles. The summed E-state index contributed by atoms with van der Waals surface area (Å²) in [5.74, 6) is 0. The SMILES string of the molecule is OCC1(CO)CC[NH2+]CC1. The maximum Gasteiger partial charge on any atom is 0.0762 e. The number of hydrogen-bond acceptors (Lipinski definition) is 2. The molecule has 0 aromatic heterocycles. The molecule has 1 rings (SSSR count). The van der Waals surface area contributed by atoms with E-state index in [1.54, 1.807) is 0 Å². The summed E-state index contributed by atoms with van der Waals surface area (Å²) >= 11 is 0. The number of quaternary nitrogens is 1. The molecule has 1 heterocycles. The lowest BCUT2D eigenvalue weighted by Gasteiger charge is -2.31. The van der Waals surface area contributed by atoms with Crippen LogP contribution in [-0.4, -0.2) is 36.5 Å². The second-order valence-electron chi connectivity index (χ2n) is 3.18. The molecule has 0 saturated carbocycles. The molecule has 60 valence electrons. The van der Waals surface area contributed by atoms with Gasteiger partial charge in [0.25, 0.3) is 0 Å². The van der Waals surface area contributed by atoms with Crippen LogP contribution in [0.1, 0.15) is 12.8 Å². The Labute approximate surface area is 61.1 Å². The van der Waals surface area contributed by atoms with Crippen molar-refractivity contribution in [3.63, 3.8) is 0 Å². The second kappa shape index (κ2) is 3.32. The number of aliphatic hydroxyl groups excluding tert-OH is 2. The van der Waals surface area contributed by atoms with E-state index in [1.165, 1.54) is 0 Å². The molecule has 1 aliphatic heterocycles. The lowest BCUT2D eigenvalue weighted by Crippen LogP contribution is -2.87. The van der Waals surface area contributed by atoms with Gasteiger partial charge in [-0.3, -0.25) is 0 Å². The highest BCUT2D eigenvalue weighted by atomic mass is 16.3. The van der Waals surface area contributed by atoms with Gasteiger partial charge in [0.2, 0.25) is 0 Å². The summed E-state index contributed by atoms with van der Waals surface area (Å²) in [6, 6.07) is 0. The van der Waals surface area contributed by atoms with Crippen LogP contribution in [0.2, 0.25) is 0 Å². The van der Waals surface area contributed by atoms with Crippen LogP contribution in [0.5, 0.6) is 0 Å². The maximum absolute atomic E-state index is 8.97. The average molecular weight is 146 g/mol. The summed E-state index contributed by atoms with van der Waals surface area (Å²) in [7, 11) is 0. The molecule has 0 bridgehead atoms. The Morgan fingerprint density at radius 3 is 1.90 bits per heavy atom. The molecule has 3 heteroatoms. The van der Waals surface area contributed by atoms with Gasteiger partial charge >= 0.3 is 0 Å². The zero-order valence-electron chi connectivity index (χ0n) is 6.21. The van der Waals surface area contributed by atoms with Crippen LogP contribution in [0, 0.1) is 5.41 Å². The highest BCUT2D eigenvalue weighted by Crippen LogP contribution is 2.24. The fraction of sp³-hybridized carbons (Fsp3) is 1.00. The van der Waals surface area contributed by atoms with E-state index < -0.39 is 0 Å². The smallest absolute Gasteiger partial charge is 0.0762 e. The van der Waals surface area contributed by atoms with Gasteiger partial charge in [0.1, 0.15) is 0 Å². The standard InChI is InChI=1S/C7H15NO2/c9-5-7(6-10)1-3-8-4-2-7/h8-10H,1-6H2/p+1. The molecule has 0 aliphatic carbocycles. The summed E-state index contributed by atoms with van der Waals surface area (Å²) in [5, 5.41) is 20.2. The molecular weight excluding hydrogens is 130 g/mol. The number of aliphatic hydroxyl groups is 2. The van der Waals surface area contributed by atoms with E-state index >= 15 is 0 Å². The van der Waals surface area contributed by atoms with Crippen LogP contribution in [0.15, 0.2) is 0 Å². The molecule has 0 unspecified atom stereocenters.